The van der Waals surface area contributed by atoms with E-state index in [0.717, 1.165) is 12.2 Å². The molecule has 0 aromatic heterocycles. The molecule has 3 aliphatic rings. The van der Waals surface area contributed by atoms with Crippen LogP contribution in [-0.2, 0) is 30.9 Å². The van der Waals surface area contributed by atoms with Gasteiger partial charge >= 0.3 is 161 Å². The van der Waals surface area contributed by atoms with E-state index < -0.39 is 19.7 Å². The van der Waals surface area contributed by atoms with Crippen molar-refractivity contribution in [1.29, 1.82) is 0 Å². The molecule has 0 N–H and O–H groups in total. The Kier molecular flexibility index (Phi) is 6.21. The molecule has 2 aliphatic carbocycles. The third kappa shape index (κ3) is 3.18. The Morgan fingerprint density at radius 3 is 2.69 bits per heavy atom. The van der Waals surface area contributed by atoms with Crippen LogP contribution in [0.15, 0.2) is 54.1 Å². The van der Waals surface area contributed by atoms with E-state index in [0.29, 0.717) is 0 Å². The summed E-state index contributed by atoms with van der Waals surface area (Å²) in [6.45, 7) is 0. The van der Waals surface area contributed by atoms with Crippen LogP contribution in [0.25, 0.3) is 17.9 Å². The molecule has 1 heterocycles. The number of benzene rings is 2. The van der Waals surface area contributed by atoms with Crippen molar-refractivity contribution >= 4 is 49.2 Å². The van der Waals surface area contributed by atoms with Crippen LogP contribution in [0.4, 0.5) is 0 Å². The average Bonchev–Trinajstić information content (AvgIpc) is 3.27. The van der Waals surface area contributed by atoms with Crippen molar-refractivity contribution in [3.63, 3.8) is 0 Å². The van der Waals surface area contributed by atoms with Crippen molar-refractivity contribution in [2.75, 3.05) is 0 Å². The molecule has 1 unspecified atom stereocenters. The number of alkyl halides is 1. The van der Waals surface area contributed by atoms with E-state index in [1.165, 1.54) is 33.7 Å². The maximum absolute atomic E-state index is 6.17. The van der Waals surface area contributed by atoms with Crippen LogP contribution in [0.3, 0.4) is 0 Å². The summed E-state index contributed by atoms with van der Waals surface area (Å²) in [6, 6.07) is 13.2. The van der Waals surface area contributed by atoms with E-state index in [-0.39, 0.29) is 29.8 Å². The second-order valence-corrected chi connectivity index (χ2v) is 13.7. The molecule has 5 rings (SSSR count). The number of rotatable bonds is 2. The Labute approximate surface area is 184 Å². The second kappa shape index (κ2) is 7.93. The normalized spacial score (nSPS) is 17.5. The van der Waals surface area contributed by atoms with Gasteiger partial charge in [-0.15, -0.1) is 0 Å². The Morgan fingerprint density at radius 1 is 1.08 bits per heavy atom. The number of fused-ring (bicyclic) bond motifs is 3. The van der Waals surface area contributed by atoms with E-state index in [1.54, 1.807) is 0 Å². The van der Waals surface area contributed by atoms with Gasteiger partial charge in [-0.1, -0.05) is 0 Å². The zero-order valence-corrected chi connectivity index (χ0v) is 19.9. The molecule has 2 aromatic carbocycles. The van der Waals surface area contributed by atoms with Gasteiger partial charge < -0.3 is 24.8 Å². The van der Waals surface area contributed by atoms with E-state index in [9.17, 15) is 0 Å². The number of hydrogen-bond acceptors (Lipinski definition) is 2. The van der Waals surface area contributed by atoms with E-state index in [1.807, 2.05) is 0 Å². The van der Waals surface area contributed by atoms with E-state index >= 15 is 0 Å². The second-order valence-electron chi connectivity index (χ2n) is 6.15. The van der Waals surface area contributed by atoms with Gasteiger partial charge in [0.1, 0.15) is 0 Å². The topological polar surface area (TPSA) is 9.23 Å². The Balaban J connectivity index is 0.000000980. The first-order valence-electron chi connectivity index (χ1n) is 7.93. The summed E-state index contributed by atoms with van der Waals surface area (Å²) in [7, 11) is 6.17. The van der Waals surface area contributed by atoms with Crippen LogP contribution >= 0.6 is 24.8 Å². The van der Waals surface area contributed by atoms with Crippen molar-refractivity contribution in [1.82, 2.24) is 0 Å². The predicted octanol–water partition coefficient (Wildman–Crippen LogP) is -3.47. The predicted molar refractivity (Wildman–Crippen MR) is 101 cm³/mol. The monoisotopic (exact) mass is 540 g/mol. The molecule has 0 fully saturated rings. The van der Waals surface area contributed by atoms with Gasteiger partial charge in [0.2, 0.25) is 0 Å². The van der Waals surface area contributed by atoms with Crippen LogP contribution in [-0.4, -0.2) is 5.01 Å². The molecule has 0 radical (unpaired) electrons. The first-order valence-corrected chi connectivity index (χ1v) is 14.7. The van der Waals surface area contributed by atoms with Gasteiger partial charge in [-0.2, -0.15) is 0 Å². The fourth-order valence-electron chi connectivity index (χ4n) is 3.67. The quantitative estimate of drug-likeness (QED) is 0.365. The molecule has 0 amide bonds. The molecule has 0 saturated carbocycles. The molecule has 1 aliphatic heterocycles. The van der Waals surface area contributed by atoms with Crippen molar-refractivity contribution < 1.29 is 49.3 Å². The van der Waals surface area contributed by atoms with Crippen molar-refractivity contribution in [3.05, 3.63) is 75.7 Å². The number of hydrogen-bond donors (Lipinski definition) is 0. The van der Waals surface area contributed by atoms with Crippen LogP contribution in [0, 0.1) is 0 Å². The molecular weight excluding hydrogens is 530 g/mol. The van der Waals surface area contributed by atoms with Crippen molar-refractivity contribution in [2.45, 2.75) is 11.4 Å². The zero-order chi connectivity index (χ0) is 16.3. The Hall–Kier alpha value is -0.377. The fraction of sp³-hybridized carbons (Fsp3) is 0.100. The first-order chi connectivity index (χ1) is 11.7. The summed E-state index contributed by atoms with van der Waals surface area (Å²) < 4.78 is 8.72. The maximum atomic E-state index is 6.17. The number of ether oxygens (including phenoxy) is 1. The van der Waals surface area contributed by atoms with Crippen LogP contribution in [0.1, 0.15) is 11.1 Å². The summed E-state index contributed by atoms with van der Waals surface area (Å²) in [5.74, 6) is 0.998. The van der Waals surface area contributed by atoms with Crippen molar-refractivity contribution in [3.8, 4) is 0 Å². The van der Waals surface area contributed by atoms with Gasteiger partial charge in [0.05, 0.1) is 0 Å². The molecule has 130 valence electrons. The molecule has 0 bridgehead atoms. The minimum atomic E-state index is -2.34. The molecule has 0 saturated heterocycles. The molecule has 6 heteroatoms. The summed E-state index contributed by atoms with van der Waals surface area (Å²) in [6.07, 6.45) is 9.92. The van der Waals surface area contributed by atoms with Gasteiger partial charge in [0, 0.05) is 0 Å². The average molecular weight is 543 g/mol. The van der Waals surface area contributed by atoms with E-state index in [4.69, 9.17) is 13.6 Å². The number of allylic oxidation sites excluding steroid dienone is 1. The Bertz CT molecular complexity index is 1110. The van der Waals surface area contributed by atoms with Crippen LogP contribution in [0.2, 0.25) is 0 Å². The van der Waals surface area contributed by atoms with Crippen molar-refractivity contribution in [2.24, 2.45) is 0 Å². The van der Waals surface area contributed by atoms with Gasteiger partial charge in [-0.3, -0.25) is 0 Å². The van der Waals surface area contributed by atoms with Crippen LogP contribution < -0.4 is 41.8 Å². The summed E-state index contributed by atoms with van der Waals surface area (Å²) >= 11 is 1.16. The van der Waals surface area contributed by atoms with Gasteiger partial charge in [0.25, 0.3) is 0 Å². The first kappa shape index (κ1) is 20.4. The third-order valence-corrected chi connectivity index (χ3v) is 12.4. The molecule has 0 spiro atoms. The SMILES string of the molecule is [Cl-].[Cl-].[S]=[Zr+2]([c]1cccc2c1C=CC2)[c]1cccc2c1=CC1=CC(Br)OC=21. The van der Waals surface area contributed by atoms with Gasteiger partial charge in [0.15, 0.2) is 0 Å². The molecule has 1 atom stereocenters. The summed E-state index contributed by atoms with van der Waals surface area (Å²) in [4.78, 5) is 0. The zero-order valence-electron chi connectivity index (χ0n) is 13.5. The third-order valence-electron chi connectivity index (χ3n) is 4.76. The molecular formula is C20H13BrCl2OSZr. The fourth-order valence-corrected chi connectivity index (χ4v) is 10.5. The standard InChI is InChI=1S/C11H6BrO.C9H7.2ClH.S.Zr/c12-10-6-8-5-7-3-1-2-4-9(7)11(8)13-10;1-2-5-9-7-3-6-8(9)4-1;;;;/h1-2,4-6,10H;1-4,7H,6H2;2*1H;;/q;;;;;+2/p-2. The summed E-state index contributed by atoms with van der Waals surface area (Å²) in [5, 5.41) is 2.48. The Morgan fingerprint density at radius 2 is 1.85 bits per heavy atom. The minimum absolute atomic E-state index is 0. The summed E-state index contributed by atoms with van der Waals surface area (Å²) in [5.41, 5.74) is 4.00. The number of halogens is 3. The van der Waals surface area contributed by atoms with Crippen LogP contribution in [0.5, 0.6) is 0 Å². The van der Waals surface area contributed by atoms with Gasteiger partial charge in [-0.05, 0) is 0 Å². The molecule has 26 heavy (non-hydrogen) atoms. The molecule has 2 aromatic rings. The van der Waals surface area contributed by atoms with Gasteiger partial charge in [-0.25, -0.2) is 0 Å². The molecule has 1 nitrogen and oxygen atoms in total. The van der Waals surface area contributed by atoms with E-state index in [2.05, 4.69) is 76.6 Å².